The summed E-state index contributed by atoms with van der Waals surface area (Å²) < 4.78 is 15.7. The van der Waals surface area contributed by atoms with E-state index in [9.17, 15) is 9.59 Å². The second-order valence-corrected chi connectivity index (χ2v) is 6.43. The van der Waals surface area contributed by atoms with E-state index in [1.54, 1.807) is 28.0 Å². The fraction of sp³-hybridized carbons (Fsp3) is 0.368. The highest BCUT2D eigenvalue weighted by Crippen LogP contribution is 2.36. The van der Waals surface area contributed by atoms with Gasteiger partial charge in [0.2, 0.25) is 0 Å². The van der Waals surface area contributed by atoms with Crippen LogP contribution in [0.5, 0.6) is 11.5 Å². The van der Waals surface area contributed by atoms with Gasteiger partial charge in [-0.1, -0.05) is 11.6 Å². The summed E-state index contributed by atoms with van der Waals surface area (Å²) in [5.74, 6) is 0.588. The standard InChI is InChI=1S/C19H21ClN2O5/c1-3-27-17-15(20)10-14(11-16(17)25-2)19(24)22-7-5-21(6-8-22)18(23)13-4-9-26-12-13/h4,9-12H,3,5-8H2,1-2H3. The molecule has 2 amide bonds. The Balaban J connectivity index is 1.69. The lowest BCUT2D eigenvalue weighted by Gasteiger charge is -2.34. The molecule has 1 fully saturated rings. The number of benzene rings is 1. The molecule has 1 aliphatic heterocycles. The molecule has 27 heavy (non-hydrogen) atoms. The van der Waals surface area contributed by atoms with E-state index in [0.717, 1.165) is 0 Å². The third kappa shape index (κ3) is 4.03. The van der Waals surface area contributed by atoms with Gasteiger partial charge in [0.1, 0.15) is 6.26 Å². The van der Waals surface area contributed by atoms with Crippen LogP contribution in [0.25, 0.3) is 0 Å². The Labute approximate surface area is 162 Å². The number of furan rings is 1. The minimum atomic E-state index is -0.159. The molecule has 1 saturated heterocycles. The molecule has 0 aliphatic carbocycles. The molecular formula is C19H21ClN2O5. The second kappa shape index (κ2) is 8.35. The van der Waals surface area contributed by atoms with Crippen LogP contribution in [-0.4, -0.2) is 61.5 Å². The van der Waals surface area contributed by atoms with Crippen molar-refractivity contribution in [3.63, 3.8) is 0 Å². The summed E-state index contributed by atoms with van der Waals surface area (Å²) in [7, 11) is 1.50. The molecule has 8 heteroatoms. The highest BCUT2D eigenvalue weighted by atomic mass is 35.5. The van der Waals surface area contributed by atoms with Crippen molar-refractivity contribution in [2.45, 2.75) is 6.92 Å². The summed E-state index contributed by atoms with van der Waals surface area (Å²) >= 11 is 6.26. The molecule has 0 radical (unpaired) electrons. The van der Waals surface area contributed by atoms with Gasteiger partial charge in [-0.25, -0.2) is 0 Å². The normalized spacial score (nSPS) is 14.2. The number of carbonyl (C=O) groups is 2. The second-order valence-electron chi connectivity index (χ2n) is 6.02. The smallest absolute Gasteiger partial charge is 0.257 e. The number of ether oxygens (including phenoxy) is 2. The van der Waals surface area contributed by atoms with Gasteiger partial charge < -0.3 is 23.7 Å². The number of nitrogens with zero attached hydrogens (tertiary/aromatic N) is 2. The highest BCUT2D eigenvalue weighted by molar-refractivity contribution is 6.32. The number of piperazine rings is 1. The highest BCUT2D eigenvalue weighted by Gasteiger charge is 2.27. The Morgan fingerprint density at radius 2 is 1.74 bits per heavy atom. The molecular weight excluding hydrogens is 372 g/mol. The van der Waals surface area contributed by atoms with Crippen molar-refractivity contribution in [3.8, 4) is 11.5 Å². The van der Waals surface area contributed by atoms with Gasteiger partial charge in [0.15, 0.2) is 11.5 Å². The summed E-state index contributed by atoms with van der Waals surface area (Å²) in [4.78, 5) is 28.6. The number of amides is 2. The number of methoxy groups -OCH3 is 1. The lowest BCUT2D eigenvalue weighted by molar-refractivity contribution is 0.0535. The SMILES string of the molecule is CCOc1c(Cl)cc(C(=O)N2CCN(C(=O)c3ccoc3)CC2)cc1OC. The monoisotopic (exact) mass is 392 g/mol. The molecule has 0 saturated carbocycles. The summed E-state index contributed by atoms with van der Waals surface area (Å²) in [6.07, 6.45) is 2.89. The van der Waals surface area contributed by atoms with Crippen LogP contribution in [0.3, 0.4) is 0 Å². The number of halogens is 1. The minimum absolute atomic E-state index is 0.0957. The van der Waals surface area contributed by atoms with Gasteiger partial charge in [-0.05, 0) is 25.1 Å². The maximum atomic E-state index is 12.8. The van der Waals surface area contributed by atoms with Crippen molar-refractivity contribution in [2.24, 2.45) is 0 Å². The molecule has 1 aliphatic rings. The number of carbonyl (C=O) groups excluding carboxylic acids is 2. The molecule has 2 aromatic rings. The Kier molecular flexibility index (Phi) is 5.91. The predicted octanol–water partition coefficient (Wildman–Crippen LogP) is 2.94. The van der Waals surface area contributed by atoms with E-state index in [0.29, 0.717) is 60.4 Å². The van der Waals surface area contributed by atoms with Crippen LogP contribution in [0.4, 0.5) is 0 Å². The zero-order valence-corrected chi connectivity index (χ0v) is 16.0. The van der Waals surface area contributed by atoms with Crippen LogP contribution in [-0.2, 0) is 0 Å². The molecule has 0 bridgehead atoms. The van der Waals surface area contributed by atoms with Gasteiger partial charge >= 0.3 is 0 Å². The van der Waals surface area contributed by atoms with E-state index < -0.39 is 0 Å². The Morgan fingerprint density at radius 3 is 2.26 bits per heavy atom. The maximum Gasteiger partial charge on any atom is 0.257 e. The summed E-state index contributed by atoms with van der Waals surface area (Å²) in [5, 5.41) is 0.327. The van der Waals surface area contributed by atoms with Crippen LogP contribution >= 0.6 is 11.6 Å². The Hall–Kier alpha value is -2.67. The third-order valence-corrected chi connectivity index (χ3v) is 4.67. The van der Waals surface area contributed by atoms with E-state index in [1.165, 1.54) is 19.6 Å². The number of hydrogen-bond donors (Lipinski definition) is 0. The van der Waals surface area contributed by atoms with Crippen LogP contribution in [0.2, 0.25) is 5.02 Å². The third-order valence-electron chi connectivity index (χ3n) is 4.39. The van der Waals surface area contributed by atoms with E-state index in [-0.39, 0.29) is 11.8 Å². The van der Waals surface area contributed by atoms with E-state index in [4.69, 9.17) is 25.5 Å². The zero-order chi connectivity index (χ0) is 19.4. The molecule has 0 N–H and O–H groups in total. The summed E-state index contributed by atoms with van der Waals surface area (Å²) in [6.45, 7) is 4.08. The predicted molar refractivity (Wildman–Crippen MR) is 99.7 cm³/mol. The van der Waals surface area contributed by atoms with Gasteiger partial charge in [-0.3, -0.25) is 9.59 Å². The van der Waals surface area contributed by atoms with Gasteiger partial charge in [0.25, 0.3) is 11.8 Å². The quantitative estimate of drug-likeness (QED) is 0.782. The molecule has 0 unspecified atom stereocenters. The molecule has 1 aromatic heterocycles. The van der Waals surface area contributed by atoms with Crippen molar-refractivity contribution >= 4 is 23.4 Å². The minimum Gasteiger partial charge on any atom is -0.493 e. The summed E-state index contributed by atoms with van der Waals surface area (Å²) in [5.41, 5.74) is 0.938. The molecule has 3 rings (SSSR count). The Morgan fingerprint density at radius 1 is 1.11 bits per heavy atom. The van der Waals surface area contributed by atoms with Gasteiger partial charge in [0.05, 0.1) is 30.6 Å². The first-order chi connectivity index (χ1) is 13.0. The number of rotatable bonds is 5. The van der Waals surface area contributed by atoms with Crippen LogP contribution in [0.15, 0.2) is 35.1 Å². The van der Waals surface area contributed by atoms with Gasteiger partial charge in [-0.15, -0.1) is 0 Å². The van der Waals surface area contributed by atoms with E-state index in [1.807, 2.05) is 6.92 Å². The van der Waals surface area contributed by atoms with Crippen molar-refractivity contribution in [2.75, 3.05) is 39.9 Å². The van der Waals surface area contributed by atoms with Crippen LogP contribution in [0, 0.1) is 0 Å². The molecule has 1 aromatic carbocycles. The van der Waals surface area contributed by atoms with E-state index >= 15 is 0 Å². The number of hydrogen-bond acceptors (Lipinski definition) is 5. The van der Waals surface area contributed by atoms with Crippen molar-refractivity contribution in [1.29, 1.82) is 0 Å². The molecule has 0 atom stereocenters. The molecule has 7 nitrogen and oxygen atoms in total. The largest absolute Gasteiger partial charge is 0.493 e. The fourth-order valence-corrected chi connectivity index (χ4v) is 3.26. The zero-order valence-electron chi connectivity index (χ0n) is 15.2. The van der Waals surface area contributed by atoms with Gasteiger partial charge in [0, 0.05) is 31.7 Å². The average Bonchev–Trinajstić information content (AvgIpc) is 3.23. The van der Waals surface area contributed by atoms with Crippen LogP contribution in [0.1, 0.15) is 27.6 Å². The van der Waals surface area contributed by atoms with Gasteiger partial charge in [-0.2, -0.15) is 0 Å². The Bertz CT molecular complexity index is 814. The van der Waals surface area contributed by atoms with Crippen molar-refractivity contribution in [1.82, 2.24) is 9.80 Å². The average molecular weight is 393 g/mol. The topological polar surface area (TPSA) is 72.2 Å². The summed E-state index contributed by atoms with van der Waals surface area (Å²) in [6, 6.07) is 4.84. The van der Waals surface area contributed by atoms with Crippen LogP contribution < -0.4 is 9.47 Å². The fourth-order valence-electron chi connectivity index (χ4n) is 2.99. The molecule has 144 valence electrons. The molecule has 0 spiro atoms. The first-order valence-electron chi connectivity index (χ1n) is 8.66. The first-order valence-corrected chi connectivity index (χ1v) is 9.04. The first kappa shape index (κ1) is 19.1. The lowest BCUT2D eigenvalue weighted by atomic mass is 10.1. The maximum absolute atomic E-state index is 12.8. The molecule has 2 heterocycles. The lowest BCUT2D eigenvalue weighted by Crippen LogP contribution is -2.50. The van der Waals surface area contributed by atoms with E-state index in [2.05, 4.69) is 0 Å². The van der Waals surface area contributed by atoms with Crippen molar-refractivity contribution < 1.29 is 23.5 Å². The van der Waals surface area contributed by atoms with Crippen molar-refractivity contribution in [3.05, 3.63) is 46.9 Å².